The van der Waals surface area contributed by atoms with Gasteiger partial charge in [0.05, 0.1) is 25.2 Å². The third-order valence-corrected chi connectivity index (χ3v) is 2.37. The van der Waals surface area contributed by atoms with Crippen molar-refractivity contribution in [1.82, 2.24) is 0 Å². The van der Waals surface area contributed by atoms with Gasteiger partial charge in [0.1, 0.15) is 0 Å². The van der Waals surface area contributed by atoms with Crippen molar-refractivity contribution in [2.24, 2.45) is 5.41 Å². The van der Waals surface area contributed by atoms with Crippen molar-refractivity contribution >= 4 is 5.97 Å². The molecule has 3 N–H and O–H groups in total. The van der Waals surface area contributed by atoms with E-state index in [4.69, 9.17) is 20.1 Å². The van der Waals surface area contributed by atoms with Crippen LogP contribution in [0.3, 0.4) is 0 Å². The molecule has 0 bridgehead atoms. The fourth-order valence-electron chi connectivity index (χ4n) is 1.14. The van der Waals surface area contributed by atoms with E-state index in [1.54, 1.807) is 0 Å². The molecule has 5 heteroatoms. The van der Waals surface area contributed by atoms with Gasteiger partial charge in [-0.25, -0.2) is 0 Å². The Bertz CT molecular complexity index is 183. The lowest BCUT2D eigenvalue weighted by molar-refractivity contribution is -0.150. The number of carboxylic acids is 1. The Kier molecular flexibility index (Phi) is 7.29. The van der Waals surface area contributed by atoms with E-state index in [-0.39, 0.29) is 13.2 Å². The van der Waals surface area contributed by atoms with Crippen LogP contribution in [0.15, 0.2) is 0 Å². The summed E-state index contributed by atoms with van der Waals surface area (Å²) >= 11 is 0. The SMILES string of the molecule is CC(CO)(CCCCOCCO)C(=O)O. The van der Waals surface area contributed by atoms with Crippen LogP contribution in [-0.2, 0) is 9.53 Å². The zero-order valence-corrected chi connectivity index (χ0v) is 9.11. The molecule has 0 saturated heterocycles. The number of hydrogen-bond acceptors (Lipinski definition) is 4. The second-order valence-corrected chi connectivity index (χ2v) is 3.82. The highest BCUT2D eigenvalue weighted by molar-refractivity contribution is 5.74. The van der Waals surface area contributed by atoms with Crippen LogP contribution in [0.1, 0.15) is 26.2 Å². The average molecular weight is 220 g/mol. The topological polar surface area (TPSA) is 87.0 Å². The third-order valence-electron chi connectivity index (χ3n) is 2.37. The van der Waals surface area contributed by atoms with Crippen LogP contribution in [0.25, 0.3) is 0 Å². The van der Waals surface area contributed by atoms with Crippen molar-refractivity contribution in [3.8, 4) is 0 Å². The molecule has 0 heterocycles. The minimum absolute atomic E-state index is 0.00345. The molecule has 1 atom stereocenters. The van der Waals surface area contributed by atoms with E-state index in [0.717, 1.165) is 6.42 Å². The number of aliphatic hydroxyl groups excluding tert-OH is 2. The highest BCUT2D eigenvalue weighted by atomic mass is 16.5. The first-order valence-electron chi connectivity index (χ1n) is 5.09. The summed E-state index contributed by atoms with van der Waals surface area (Å²) < 4.78 is 5.03. The number of unbranched alkanes of at least 4 members (excludes halogenated alkanes) is 1. The standard InChI is InChI=1S/C10H20O5/c1-10(8-12,9(13)14)4-2-3-6-15-7-5-11/h11-12H,2-8H2,1H3,(H,13,14). The molecule has 0 rings (SSSR count). The maximum atomic E-state index is 10.8. The highest BCUT2D eigenvalue weighted by Gasteiger charge is 2.31. The van der Waals surface area contributed by atoms with Crippen LogP contribution in [0.2, 0.25) is 0 Å². The van der Waals surface area contributed by atoms with Crippen molar-refractivity contribution in [2.45, 2.75) is 26.2 Å². The number of rotatable bonds is 9. The van der Waals surface area contributed by atoms with Crippen molar-refractivity contribution in [2.75, 3.05) is 26.4 Å². The predicted octanol–water partition coefficient (Wildman–Crippen LogP) is 0.249. The van der Waals surface area contributed by atoms with E-state index in [1.807, 2.05) is 0 Å². The Hall–Kier alpha value is -0.650. The van der Waals surface area contributed by atoms with Crippen LogP contribution in [0.5, 0.6) is 0 Å². The molecule has 0 fully saturated rings. The summed E-state index contributed by atoms with van der Waals surface area (Å²) in [6, 6.07) is 0. The maximum absolute atomic E-state index is 10.8. The van der Waals surface area contributed by atoms with Crippen molar-refractivity contribution in [3.05, 3.63) is 0 Å². The first-order valence-corrected chi connectivity index (χ1v) is 5.09. The number of carboxylic acid groups (broad SMARTS) is 1. The molecule has 0 amide bonds. The lowest BCUT2D eigenvalue weighted by Crippen LogP contribution is -2.31. The summed E-state index contributed by atoms with van der Waals surface area (Å²) in [5.74, 6) is -0.971. The van der Waals surface area contributed by atoms with Gasteiger partial charge in [0, 0.05) is 6.61 Å². The minimum atomic E-state index is -1.04. The first-order chi connectivity index (χ1) is 7.06. The number of aliphatic carboxylic acids is 1. The molecule has 90 valence electrons. The summed E-state index contributed by atoms with van der Waals surface area (Å²) in [6.07, 6.45) is 1.86. The van der Waals surface area contributed by atoms with E-state index in [2.05, 4.69) is 0 Å². The van der Waals surface area contributed by atoms with Gasteiger partial charge in [-0.15, -0.1) is 0 Å². The molecule has 0 aromatic carbocycles. The average Bonchev–Trinajstić information content (AvgIpc) is 2.22. The Balaban J connectivity index is 3.60. The molecule has 0 aliphatic rings. The maximum Gasteiger partial charge on any atom is 0.311 e. The van der Waals surface area contributed by atoms with E-state index >= 15 is 0 Å². The molecule has 0 saturated carbocycles. The van der Waals surface area contributed by atoms with Crippen LogP contribution in [0.4, 0.5) is 0 Å². The predicted molar refractivity (Wildman–Crippen MR) is 54.6 cm³/mol. The molecule has 0 radical (unpaired) electrons. The van der Waals surface area contributed by atoms with Crippen molar-refractivity contribution < 1.29 is 24.9 Å². The van der Waals surface area contributed by atoms with Crippen molar-refractivity contribution in [3.63, 3.8) is 0 Å². The molecular formula is C10H20O5. The van der Waals surface area contributed by atoms with E-state index in [9.17, 15) is 4.79 Å². The Labute approximate surface area is 89.7 Å². The van der Waals surface area contributed by atoms with E-state index in [1.165, 1.54) is 6.92 Å². The Morgan fingerprint density at radius 3 is 2.40 bits per heavy atom. The van der Waals surface area contributed by atoms with Gasteiger partial charge >= 0.3 is 5.97 Å². The smallest absolute Gasteiger partial charge is 0.311 e. The van der Waals surface area contributed by atoms with Gasteiger partial charge in [-0.05, 0) is 26.2 Å². The third kappa shape index (κ3) is 5.71. The van der Waals surface area contributed by atoms with Crippen LogP contribution < -0.4 is 0 Å². The zero-order chi connectivity index (χ0) is 11.7. The van der Waals surface area contributed by atoms with Gasteiger partial charge in [0.15, 0.2) is 0 Å². The minimum Gasteiger partial charge on any atom is -0.481 e. The van der Waals surface area contributed by atoms with Gasteiger partial charge in [-0.3, -0.25) is 4.79 Å². The largest absolute Gasteiger partial charge is 0.481 e. The zero-order valence-electron chi connectivity index (χ0n) is 9.11. The Morgan fingerprint density at radius 1 is 1.27 bits per heavy atom. The molecule has 0 aliphatic carbocycles. The van der Waals surface area contributed by atoms with Crippen LogP contribution in [-0.4, -0.2) is 47.7 Å². The van der Waals surface area contributed by atoms with Gasteiger partial charge < -0.3 is 20.1 Å². The first kappa shape index (κ1) is 14.3. The molecule has 0 aliphatic heterocycles. The molecule has 5 nitrogen and oxygen atoms in total. The molecule has 0 aromatic heterocycles. The van der Waals surface area contributed by atoms with E-state index < -0.39 is 11.4 Å². The fourth-order valence-corrected chi connectivity index (χ4v) is 1.14. The summed E-state index contributed by atoms with van der Waals surface area (Å²) in [7, 11) is 0. The molecule has 0 spiro atoms. The van der Waals surface area contributed by atoms with Crippen molar-refractivity contribution in [1.29, 1.82) is 0 Å². The fraction of sp³-hybridized carbons (Fsp3) is 0.900. The summed E-state index contributed by atoms with van der Waals surface area (Å²) in [6.45, 7) is 2.02. The van der Waals surface area contributed by atoms with E-state index in [0.29, 0.717) is 26.1 Å². The monoisotopic (exact) mass is 220 g/mol. The molecule has 15 heavy (non-hydrogen) atoms. The highest BCUT2D eigenvalue weighted by Crippen LogP contribution is 2.23. The van der Waals surface area contributed by atoms with Crippen LogP contribution in [0, 0.1) is 5.41 Å². The molecule has 1 unspecified atom stereocenters. The van der Waals surface area contributed by atoms with Gasteiger partial charge in [0.2, 0.25) is 0 Å². The second kappa shape index (κ2) is 7.62. The lowest BCUT2D eigenvalue weighted by Gasteiger charge is -2.21. The second-order valence-electron chi connectivity index (χ2n) is 3.82. The van der Waals surface area contributed by atoms with Gasteiger partial charge in [0.25, 0.3) is 0 Å². The number of hydrogen-bond donors (Lipinski definition) is 3. The summed E-state index contributed by atoms with van der Waals surface area (Å²) in [4.78, 5) is 10.8. The summed E-state index contributed by atoms with van der Waals surface area (Å²) in [5.41, 5.74) is -1.04. The number of carbonyl (C=O) groups is 1. The summed E-state index contributed by atoms with van der Waals surface area (Å²) in [5, 5.41) is 26.2. The van der Waals surface area contributed by atoms with Gasteiger partial charge in [-0.1, -0.05) is 0 Å². The normalized spacial score (nSPS) is 14.9. The Morgan fingerprint density at radius 2 is 1.93 bits per heavy atom. The molecule has 0 aromatic rings. The van der Waals surface area contributed by atoms with Gasteiger partial charge in [-0.2, -0.15) is 0 Å². The van der Waals surface area contributed by atoms with Crippen LogP contribution >= 0.6 is 0 Å². The number of ether oxygens (including phenoxy) is 1. The quantitative estimate of drug-likeness (QED) is 0.485. The molecular weight excluding hydrogens is 200 g/mol. The lowest BCUT2D eigenvalue weighted by atomic mass is 9.86. The number of aliphatic hydroxyl groups is 2.